The van der Waals surface area contributed by atoms with Gasteiger partial charge in [-0.2, -0.15) is 4.31 Å². The van der Waals surface area contributed by atoms with Crippen molar-refractivity contribution in [2.75, 3.05) is 6.54 Å². The molecular weight excluding hydrogens is 382 g/mol. The SMILES string of the molecule is O=C(O)c1cc(S(=O)(=O)N2CC3CCC2C3)cc(Br)c1Cl. The maximum Gasteiger partial charge on any atom is 0.337 e. The minimum atomic E-state index is -3.68. The van der Waals surface area contributed by atoms with Crippen molar-refractivity contribution in [3.8, 4) is 0 Å². The second-order valence-electron chi connectivity index (χ2n) is 5.48. The van der Waals surface area contributed by atoms with E-state index in [1.165, 1.54) is 10.4 Å². The van der Waals surface area contributed by atoms with Crippen LogP contribution in [-0.2, 0) is 10.0 Å². The highest BCUT2D eigenvalue weighted by atomic mass is 79.9. The van der Waals surface area contributed by atoms with Crippen LogP contribution >= 0.6 is 27.5 Å². The number of sulfonamides is 1. The molecule has 0 radical (unpaired) electrons. The molecule has 2 atom stereocenters. The van der Waals surface area contributed by atoms with Gasteiger partial charge in [-0.3, -0.25) is 0 Å². The molecule has 2 bridgehead atoms. The van der Waals surface area contributed by atoms with Gasteiger partial charge in [0.2, 0.25) is 10.0 Å². The van der Waals surface area contributed by atoms with E-state index in [9.17, 15) is 13.2 Å². The second kappa shape index (κ2) is 5.22. The first-order chi connectivity index (χ1) is 9.80. The smallest absolute Gasteiger partial charge is 0.337 e. The summed E-state index contributed by atoms with van der Waals surface area (Å²) in [6, 6.07) is 2.55. The lowest BCUT2D eigenvalue weighted by molar-refractivity contribution is 0.0696. The molecule has 2 unspecified atom stereocenters. The molecule has 1 aromatic carbocycles. The molecule has 21 heavy (non-hydrogen) atoms. The molecule has 2 aliphatic rings. The number of aromatic carboxylic acids is 1. The largest absolute Gasteiger partial charge is 0.478 e. The summed E-state index contributed by atoms with van der Waals surface area (Å²) in [5.41, 5.74) is -0.214. The molecule has 1 saturated heterocycles. The molecule has 1 aliphatic heterocycles. The van der Waals surface area contributed by atoms with Crippen LogP contribution in [0.15, 0.2) is 21.5 Å². The Balaban J connectivity index is 2.05. The highest BCUT2D eigenvalue weighted by Gasteiger charge is 2.44. The van der Waals surface area contributed by atoms with E-state index in [4.69, 9.17) is 16.7 Å². The number of carboxylic acid groups (broad SMARTS) is 1. The van der Waals surface area contributed by atoms with E-state index in [0.717, 1.165) is 25.3 Å². The zero-order valence-electron chi connectivity index (χ0n) is 10.9. The number of hydrogen-bond acceptors (Lipinski definition) is 3. The average molecular weight is 395 g/mol. The first kappa shape index (κ1) is 15.3. The van der Waals surface area contributed by atoms with Gasteiger partial charge in [-0.05, 0) is 53.2 Å². The van der Waals surface area contributed by atoms with Gasteiger partial charge in [0.25, 0.3) is 0 Å². The van der Waals surface area contributed by atoms with E-state index in [-0.39, 0.29) is 26.0 Å². The van der Waals surface area contributed by atoms with Crippen molar-refractivity contribution in [3.05, 3.63) is 27.2 Å². The maximum absolute atomic E-state index is 12.7. The quantitative estimate of drug-likeness (QED) is 0.855. The molecule has 1 aromatic rings. The van der Waals surface area contributed by atoms with Crippen molar-refractivity contribution in [2.24, 2.45) is 5.92 Å². The number of piperidine rings is 1. The number of rotatable bonds is 3. The van der Waals surface area contributed by atoms with Crippen molar-refractivity contribution in [2.45, 2.75) is 30.2 Å². The fourth-order valence-corrected chi connectivity index (χ4v) is 5.78. The summed E-state index contributed by atoms with van der Waals surface area (Å²) in [6.07, 6.45) is 2.85. The average Bonchev–Trinajstić information content (AvgIpc) is 3.03. The fourth-order valence-electron chi connectivity index (χ4n) is 3.18. The van der Waals surface area contributed by atoms with Crippen LogP contribution in [0.4, 0.5) is 0 Å². The summed E-state index contributed by atoms with van der Waals surface area (Å²) in [7, 11) is -3.68. The Kier molecular flexibility index (Phi) is 3.80. The van der Waals surface area contributed by atoms with Gasteiger partial charge in [0.15, 0.2) is 0 Å². The van der Waals surface area contributed by atoms with Crippen LogP contribution in [0.2, 0.25) is 5.02 Å². The number of carbonyl (C=O) groups is 1. The monoisotopic (exact) mass is 393 g/mol. The number of fused-ring (bicyclic) bond motifs is 2. The van der Waals surface area contributed by atoms with E-state index in [0.29, 0.717) is 12.5 Å². The molecule has 1 N–H and O–H groups in total. The molecule has 0 spiro atoms. The van der Waals surface area contributed by atoms with Gasteiger partial charge in [0.05, 0.1) is 15.5 Å². The topological polar surface area (TPSA) is 74.7 Å². The molecule has 114 valence electrons. The summed E-state index contributed by atoms with van der Waals surface area (Å²) >= 11 is 9.03. The first-order valence-corrected chi connectivity index (χ1v) is 9.16. The van der Waals surface area contributed by atoms with Gasteiger partial charge in [0, 0.05) is 17.1 Å². The molecule has 1 saturated carbocycles. The van der Waals surface area contributed by atoms with Gasteiger partial charge < -0.3 is 5.11 Å². The first-order valence-electron chi connectivity index (χ1n) is 6.55. The maximum atomic E-state index is 12.7. The Bertz CT molecular complexity index is 721. The van der Waals surface area contributed by atoms with Gasteiger partial charge in [-0.1, -0.05) is 11.6 Å². The molecule has 0 aromatic heterocycles. The van der Waals surface area contributed by atoms with Gasteiger partial charge in [-0.15, -0.1) is 0 Å². The molecule has 1 heterocycles. The van der Waals surface area contributed by atoms with E-state index in [1.807, 2.05) is 0 Å². The van der Waals surface area contributed by atoms with Crippen molar-refractivity contribution in [1.29, 1.82) is 0 Å². The third kappa shape index (κ3) is 2.50. The summed E-state index contributed by atoms with van der Waals surface area (Å²) in [5.74, 6) is -0.819. The van der Waals surface area contributed by atoms with Gasteiger partial charge in [-0.25, -0.2) is 13.2 Å². The number of benzene rings is 1. The van der Waals surface area contributed by atoms with E-state index >= 15 is 0 Å². The van der Waals surface area contributed by atoms with E-state index in [1.54, 1.807) is 0 Å². The number of hydrogen-bond donors (Lipinski definition) is 1. The number of carboxylic acids is 1. The van der Waals surface area contributed by atoms with Crippen LogP contribution in [0.3, 0.4) is 0 Å². The zero-order valence-corrected chi connectivity index (χ0v) is 14.1. The lowest BCUT2D eigenvalue weighted by atomic mass is 10.1. The summed E-state index contributed by atoms with van der Waals surface area (Å²) in [5, 5.41) is 9.14. The zero-order chi connectivity index (χ0) is 15.4. The minimum Gasteiger partial charge on any atom is -0.478 e. The Hall–Kier alpha value is -0.630. The highest BCUT2D eigenvalue weighted by molar-refractivity contribution is 9.10. The van der Waals surface area contributed by atoms with E-state index in [2.05, 4.69) is 15.9 Å². The molecule has 0 amide bonds. The third-order valence-corrected chi connectivity index (χ3v) is 7.35. The van der Waals surface area contributed by atoms with Crippen LogP contribution in [0.1, 0.15) is 29.6 Å². The molecular formula is C13H13BrClNO4S. The van der Waals surface area contributed by atoms with Crippen LogP contribution in [0, 0.1) is 5.92 Å². The number of halogens is 2. The molecule has 5 nitrogen and oxygen atoms in total. The molecule has 2 fully saturated rings. The fraction of sp³-hybridized carbons (Fsp3) is 0.462. The van der Waals surface area contributed by atoms with Crippen molar-refractivity contribution >= 4 is 43.5 Å². The predicted molar refractivity (Wildman–Crippen MR) is 81.1 cm³/mol. The Morgan fingerprint density at radius 2 is 2.10 bits per heavy atom. The standard InChI is InChI=1S/C13H13BrClNO4S/c14-11-5-9(4-10(12(11)15)13(17)18)21(19,20)16-6-7-1-2-8(16)3-7/h4-5,7-8H,1-3,6H2,(H,17,18). The minimum absolute atomic E-state index is 0.00407. The molecule has 1 aliphatic carbocycles. The molecule has 3 rings (SSSR count). The normalized spacial score (nSPS) is 25.4. The Morgan fingerprint density at radius 3 is 2.62 bits per heavy atom. The summed E-state index contributed by atoms with van der Waals surface area (Å²) in [4.78, 5) is 11.2. The van der Waals surface area contributed by atoms with Crippen molar-refractivity contribution in [3.63, 3.8) is 0 Å². The Labute approximate surface area is 136 Å². The van der Waals surface area contributed by atoms with Crippen molar-refractivity contribution in [1.82, 2.24) is 4.31 Å². The third-order valence-electron chi connectivity index (χ3n) is 4.20. The van der Waals surface area contributed by atoms with E-state index < -0.39 is 16.0 Å². The predicted octanol–water partition coefficient (Wildman–Crippen LogP) is 2.97. The number of nitrogens with zero attached hydrogens (tertiary/aromatic N) is 1. The van der Waals surface area contributed by atoms with Crippen LogP contribution in [-0.4, -0.2) is 36.4 Å². The van der Waals surface area contributed by atoms with Crippen LogP contribution < -0.4 is 0 Å². The second-order valence-corrected chi connectivity index (χ2v) is 8.60. The van der Waals surface area contributed by atoms with Crippen molar-refractivity contribution < 1.29 is 18.3 Å². The van der Waals surface area contributed by atoms with Gasteiger partial charge >= 0.3 is 5.97 Å². The summed E-state index contributed by atoms with van der Waals surface area (Å²) in [6.45, 7) is 0.523. The van der Waals surface area contributed by atoms with Crippen LogP contribution in [0.25, 0.3) is 0 Å². The Morgan fingerprint density at radius 1 is 1.38 bits per heavy atom. The lowest BCUT2D eigenvalue weighted by Crippen LogP contribution is -2.37. The van der Waals surface area contributed by atoms with Gasteiger partial charge in [0.1, 0.15) is 0 Å². The highest BCUT2D eigenvalue weighted by Crippen LogP contribution is 2.41. The lowest BCUT2D eigenvalue weighted by Gasteiger charge is -2.26. The molecule has 8 heteroatoms. The summed E-state index contributed by atoms with van der Waals surface area (Å²) < 4.78 is 27.2. The van der Waals surface area contributed by atoms with Crippen LogP contribution in [0.5, 0.6) is 0 Å².